The molecule has 0 saturated carbocycles. The Hall–Kier alpha value is -0.830. The van der Waals surface area contributed by atoms with Crippen LogP contribution in [0.1, 0.15) is 0 Å². The Kier molecular flexibility index (Phi) is 4.34. The molecule has 1 saturated heterocycles. The van der Waals surface area contributed by atoms with Crippen molar-refractivity contribution >= 4 is 37.5 Å². The van der Waals surface area contributed by atoms with Crippen LogP contribution in [-0.4, -0.2) is 46.1 Å². The molecular weight excluding hydrogens is 334 g/mol. The van der Waals surface area contributed by atoms with Gasteiger partial charge in [-0.05, 0) is 18.2 Å². The Balaban J connectivity index is 2.29. The Morgan fingerprint density at radius 1 is 1.37 bits per heavy atom. The Morgan fingerprint density at radius 2 is 2.00 bits per heavy atom. The number of nitrogen functional groups attached to an aromatic ring is 1. The monoisotopic (exact) mass is 349 g/mol. The van der Waals surface area contributed by atoms with Crippen LogP contribution in [0.15, 0.2) is 22.7 Å². The van der Waals surface area contributed by atoms with E-state index in [2.05, 4.69) is 15.9 Å². The molecule has 0 atom stereocenters. The van der Waals surface area contributed by atoms with Crippen LogP contribution in [0.5, 0.6) is 0 Å². The van der Waals surface area contributed by atoms with Crippen molar-refractivity contribution in [2.24, 2.45) is 0 Å². The predicted octanol–water partition coefficient (Wildman–Crippen LogP) is 1.04. The third-order valence-electron chi connectivity index (χ3n) is 2.97. The summed E-state index contributed by atoms with van der Waals surface area (Å²) in [5, 5.41) is 0. The fraction of sp³-hybridized carbons (Fsp3) is 0.455. The van der Waals surface area contributed by atoms with Gasteiger partial charge in [-0.3, -0.25) is 4.31 Å². The molecule has 2 rings (SSSR count). The fourth-order valence-corrected chi connectivity index (χ4v) is 3.64. The fourth-order valence-electron chi connectivity index (χ4n) is 1.89. The van der Waals surface area contributed by atoms with Crippen LogP contribution in [0.25, 0.3) is 0 Å². The minimum Gasteiger partial charge on any atom is -0.397 e. The molecule has 8 heteroatoms. The van der Waals surface area contributed by atoms with E-state index in [-0.39, 0.29) is 0 Å². The summed E-state index contributed by atoms with van der Waals surface area (Å²) in [7, 11) is -2.05. The first kappa shape index (κ1) is 14.6. The predicted molar refractivity (Wildman–Crippen MR) is 78.3 cm³/mol. The lowest BCUT2D eigenvalue weighted by molar-refractivity contribution is 0.0730. The van der Waals surface area contributed by atoms with Gasteiger partial charge in [0.25, 0.3) is 0 Å². The summed E-state index contributed by atoms with van der Waals surface area (Å²) >= 11 is 3.30. The van der Waals surface area contributed by atoms with Gasteiger partial charge in [-0.2, -0.15) is 12.7 Å². The highest BCUT2D eigenvalue weighted by molar-refractivity contribution is 9.10. The summed E-state index contributed by atoms with van der Waals surface area (Å²) in [4.78, 5) is 0. The van der Waals surface area contributed by atoms with Gasteiger partial charge in [0.1, 0.15) is 0 Å². The molecule has 6 nitrogen and oxygen atoms in total. The summed E-state index contributed by atoms with van der Waals surface area (Å²) in [5.41, 5.74) is 6.75. The van der Waals surface area contributed by atoms with E-state index in [1.54, 1.807) is 18.2 Å². The van der Waals surface area contributed by atoms with Crippen molar-refractivity contribution < 1.29 is 13.2 Å². The van der Waals surface area contributed by atoms with E-state index in [9.17, 15) is 8.42 Å². The number of morpholine rings is 1. The second kappa shape index (κ2) is 5.66. The second-order valence-electron chi connectivity index (χ2n) is 4.19. The molecule has 1 aliphatic rings. The van der Waals surface area contributed by atoms with Crippen LogP contribution in [0.2, 0.25) is 0 Å². The molecule has 0 radical (unpaired) electrons. The lowest BCUT2D eigenvalue weighted by Crippen LogP contribution is -2.47. The highest BCUT2D eigenvalue weighted by Gasteiger charge is 2.29. The smallest absolute Gasteiger partial charge is 0.304 e. The van der Waals surface area contributed by atoms with Gasteiger partial charge in [0.2, 0.25) is 0 Å². The van der Waals surface area contributed by atoms with E-state index in [0.29, 0.717) is 37.7 Å². The number of hydrogen-bond donors (Lipinski definition) is 1. The van der Waals surface area contributed by atoms with Crippen LogP contribution in [-0.2, 0) is 14.9 Å². The van der Waals surface area contributed by atoms with Gasteiger partial charge >= 0.3 is 10.2 Å². The zero-order chi connectivity index (χ0) is 14.0. The van der Waals surface area contributed by atoms with E-state index in [4.69, 9.17) is 10.5 Å². The number of nitrogens with zero attached hydrogens (tertiary/aromatic N) is 2. The van der Waals surface area contributed by atoms with E-state index >= 15 is 0 Å². The minimum absolute atomic E-state index is 0.364. The molecule has 0 amide bonds. The normalized spacial score (nSPS) is 17.4. The topological polar surface area (TPSA) is 75.9 Å². The first-order chi connectivity index (χ1) is 8.93. The van der Waals surface area contributed by atoms with Crippen LogP contribution < -0.4 is 10.0 Å². The molecule has 1 fully saturated rings. The summed E-state index contributed by atoms with van der Waals surface area (Å²) in [6.45, 7) is 1.57. The van der Waals surface area contributed by atoms with Crippen molar-refractivity contribution in [1.82, 2.24) is 4.31 Å². The molecule has 0 unspecified atom stereocenters. The highest BCUT2D eigenvalue weighted by Crippen LogP contribution is 2.28. The van der Waals surface area contributed by atoms with Gasteiger partial charge in [0.15, 0.2) is 0 Å². The number of nitrogens with two attached hydrogens (primary N) is 1. The van der Waals surface area contributed by atoms with Crippen molar-refractivity contribution in [2.75, 3.05) is 43.4 Å². The summed E-state index contributed by atoms with van der Waals surface area (Å²) < 4.78 is 33.5. The zero-order valence-electron chi connectivity index (χ0n) is 10.5. The maximum absolute atomic E-state index is 12.5. The molecule has 0 bridgehead atoms. The van der Waals surface area contributed by atoms with Crippen molar-refractivity contribution in [3.05, 3.63) is 22.7 Å². The van der Waals surface area contributed by atoms with Gasteiger partial charge < -0.3 is 10.5 Å². The number of rotatable bonds is 3. The van der Waals surface area contributed by atoms with Crippen LogP contribution in [0.3, 0.4) is 0 Å². The average Bonchev–Trinajstić information content (AvgIpc) is 2.39. The first-order valence-electron chi connectivity index (χ1n) is 5.79. The molecule has 1 aromatic rings. The zero-order valence-corrected chi connectivity index (χ0v) is 12.9. The largest absolute Gasteiger partial charge is 0.397 e. The quantitative estimate of drug-likeness (QED) is 0.827. The molecule has 106 valence electrons. The maximum Gasteiger partial charge on any atom is 0.304 e. The molecule has 2 N–H and O–H groups in total. The van der Waals surface area contributed by atoms with Gasteiger partial charge in [0.05, 0.1) is 24.6 Å². The van der Waals surface area contributed by atoms with Crippen molar-refractivity contribution in [1.29, 1.82) is 0 Å². The Bertz CT molecular complexity index is 558. The summed E-state index contributed by atoms with van der Waals surface area (Å²) in [6.07, 6.45) is 0. The number of hydrogen-bond acceptors (Lipinski definition) is 4. The van der Waals surface area contributed by atoms with E-state index in [1.807, 2.05) is 0 Å². The molecule has 0 aromatic heterocycles. The number of benzene rings is 1. The molecule has 19 heavy (non-hydrogen) atoms. The van der Waals surface area contributed by atoms with E-state index in [0.717, 1.165) is 4.47 Å². The minimum atomic E-state index is -3.56. The molecule has 0 spiro atoms. The second-order valence-corrected chi connectivity index (χ2v) is 7.07. The molecule has 1 heterocycles. The summed E-state index contributed by atoms with van der Waals surface area (Å²) in [5.74, 6) is 0. The molecule has 1 aliphatic heterocycles. The molecule has 0 aliphatic carbocycles. The standard InChI is InChI=1S/C11H16BrN3O3S/c1-14(11-3-2-9(12)8-10(11)13)19(16,17)15-4-6-18-7-5-15/h2-3,8H,4-7,13H2,1H3. The summed E-state index contributed by atoms with van der Waals surface area (Å²) in [6, 6.07) is 5.12. The lowest BCUT2D eigenvalue weighted by Gasteiger charge is -2.31. The maximum atomic E-state index is 12.5. The molecular formula is C11H16BrN3O3S. The Labute approximate surface area is 121 Å². The van der Waals surface area contributed by atoms with Gasteiger partial charge in [-0.1, -0.05) is 15.9 Å². The highest BCUT2D eigenvalue weighted by atomic mass is 79.9. The van der Waals surface area contributed by atoms with Crippen LogP contribution in [0.4, 0.5) is 11.4 Å². The third kappa shape index (κ3) is 3.02. The van der Waals surface area contributed by atoms with E-state index < -0.39 is 10.2 Å². The van der Waals surface area contributed by atoms with Gasteiger partial charge in [-0.15, -0.1) is 0 Å². The first-order valence-corrected chi connectivity index (χ1v) is 7.98. The Morgan fingerprint density at radius 3 is 2.58 bits per heavy atom. The van der Waals surface area contributed by atoms with Crippen molar-refractivity contribution in [3.63, 3.8) is 0 Å². The van der Waals surface area contributed by atoms with Crippen molar-refractivity contribution in [2.45, 2.75) is 0 Å². The van der Waals surface area contributed by atoms with Crippen molar-refractivity contribution in [3.8, 4) is 0 Å². The van der Waals surface area contributed by atoms with Crippen LogP contribution in [0, 0.1) is 0 Å². The average molecular weight is 350 g/mol. The number of halogens is 1. The van der Waals surface area contributed by atoms with Gasteiger partial charge in [-0.25, -0.2) is 0 Å². The SMILES string of the molecule is CN(c1ccc(Br)cc1N)S(=O)(=O)N1CCOCC1. The van der Waals surface area contributed by atoms with Gasteiger partial charge in [0, 0.05) is 24.6 Å². The third-order valence-corrected chi connectivity index (χ3v) is 5.37. The molecule has 1 aromatic carbocycles. The van der Waals surface area contributed by atoms with E-state index in [1.165, 1.54) is 15.7 Å². The lowest BCUT2D eigenvalue weighted by atomic mass is 10.3. The van der Waals surface area contributed by atoms with Crippen LogP contribution >= 0.6 is 15.9 Å². The number of ether oxygens (including phenoxy) is 1. The number of anilines is 2.